The van der Waals surface area contributed by atoms with Gasteiger partial charge < -0.3 is 10.6 Å². The van der Waals surface area contributed by atoms with Crippen LogP contribution in [-0.4, -0.2) is 23.5 Å². The van der Waals surface area contributed by atoms with Crippen LogP contribution in [-0.2, 0) is 6.42 Å². The van der Waals surface area contributed by atoms with Gasteiger partial charge in [0, 0.05) is 24.5 Å². The molecule has 1 saturated carbocycles. The Morgan fingerprint density at radius 1 is 1.04 bits per heavy atom. The van der Waals surface area contributed by atoms with Crippen molar-refractivity contribution in [3.8, 4) is 0 Å². The second-order valence-electron chi connectivity index (χ2n) is 7.11. The van der Waals surface area contributed by atoms with Gasteiger partial charge in [-0.15, -0.1) is 0 Å². The minimum absolute atomic E-state index is 0.0948. The molecule has 1 aliphatic carbocycles. The zero-order valence-corrected chi connectivity index (χ0v) is 15.4. The number of carbonyl (C=O) groups is 1. The van der Waals surface area contributed by atoms with Gasteiger partial charge in [-0.25, -0.2) is 0 Å². The first kappa shape index (κ1) is 18.4. The highest BCUT2D eigenvalue weighted by molar-refractivity contribution is 5.93. The molecule has 0 aliphatic heterocycles. The third-order valence-corrected chi connectivity index (χ3v) is 4.99. The predicted octanol–water partition coefficient (Wildman–Crippen LogP) is 4.58. The van der Waals surface area contributed by atoms with Crippen LogP contribution in [0.5, 0.6) is 0 Å². The molecule has 1 aromatic heterocycles. The number of nitrogens with zero attached hydrogens (tertiary/aromatic N) is 1. The number of benzene rings is 1. The SMILES string of the molecule is O=C(NCCCc1ccccc1)c1cc(NC2CCCCCC2)ccn1. The lowest BCUT2D eigenvalue weighted by molar-refractivity contribution is 0.0948. The van der Waals surface area contributed by atoms with Gasteiger partial charge >= 0.3 is 0 Å². The summed E-state index contributed by atoms with van der Waals surface area (Å²) in [4.78, 5) is 16.6. The summed E-state index contributed by atoms with van der Waals surface area (Å²) in [6, 6.07) is 14.7. The van der Waals surface area contributed by atoms with Gasteiger partial charge in [0.05, 0.1) is 0 Å². The van der Waals surface area contributed by atoms with E-state index in [0.29, 0.717) is 18.3 Å². The zero-order chi connectivity index (χ0) is 18.0. The van der Waals surface area contributed by atoms with E-state index in [0.717, 1.165) is 18.5 Å². The molecule has 1 fully saturated rings. The van der Waals surface area contributed by atoms with E-state index >= 15 is 0 Å². The fraction of sp³-hybridized carbons (Fsp3) is 0.455. The molecule has 1 heterocycles. The molecule has 4 nitrogen and oxygen atoms in total. The molecule has 0 radical (unpaired) electrons. The van der Waals surface area contributed by atoms with E-state index in [1.807, 2.05) is 30.3 Å². The smallest absolute Gasteiger partial charge is 0.269 e. The van der Waals surface area contributed by atoms with E-state index in [2.05, 4.69) is 27.8 Å². The maximum Gasteiger partial charge on any atom is 0.269 e. The third kappa shape index (κ3) is 5.87. The molecule has 1 amide bonds. The number of carbonyl (C=O) groups excluding carboxylic acids is 1. The van der Waals surface area contributed by atoms with Crippen LogP contribution in [0.15, 0.2) is 48.7 Å². The largest absolute Gasteiger partial charge is 0.382 e. The number of rotatable bonds is 7. The fourth-order valence-corrected chi connectivity index (χ4v) is 3.53. The van der Waals surface area contributed by atoms with Crippen molar-refractivity contribution in [2.45, 2.75) is 57.4 Å². The molecule has 0 atom stereocenters. The number of aryl methyl sites for hydroxylation is 1. The van der Waals surface area contributed by atoms with Gasteiger partial charge in [-0.05, 0) is 43.4 Å². The normalized spacial score (nSPS) is 15.2. The Balaban J connectivity index is 1.46. The van der Waals surface area contributed by atoms with Gasteiger partial charge in [0.25, 0.3) is 5.91 Å². The summed E-state index contributed by atoms with van der Waals surface area (Å²) < 4.78 is 0. The minimum atomic E-state index is -0.0948. The maximum absolute atomic E-state index is 12.4. The number of amides is 1. The highest BCUT2D eigenvalue weighted by Gasteiger charge is 2.13. The van der Waals surface area contributed by atoms with Crippen LogP contribution >= 0.6 is 0 Å². The van der Waals surface area contributed by atoms with Crippen molar-refractivity contribution in [1.82, 2.24) is 10.3 Å². The molecule has 1 aromatic carbocycles. The first-order valence-corrected chi connectivity index (χ1v) is 9.86. The molecule has 0 unspecified atom stereocenters. The molecule has 26 heavy (non-hydrogen) atoms. The first-order valence-electron chi connectivity index (χ1n) is 9.86. The summed E-state index contributed by atoms with van der Waals surface area (Å²) in [5, 5.41) is 6.57. The van der Waals surface area contributed by atoms with Crippen molar-refractivity contribution in [2.24, 2.45) is 0 Å². The fourth-order valence-electron chi connectivity index (χ4n) is 3.53. The van der Waals surface area contributed by atoms with E-state index in [1.54, 1.807) is 6.20 Å². The molecule has 2 N–H and O–H groups in total. The van der Waals surface area contributed by atoms with Crippen molar-refractivity contribution in [3.05, 3.63) is 59.9 Å². The number of nitrogens with one attached hydrogen (secondary N) is 2. The lowest BCUT2D eigenvalue weighted by Crippen LogP contribution is -2.26. The first-order chi connectivity index (χ1) is 12.8. The highest BCUT2D eigenvalue weighted by Crippen LogP contribution is 2.21. The Morgan fingerprint density at radius 3 is 2.58 bits per heavy atom. The van der Waals surface area contributed by atoms with Crippen molar-refractivity contribution in [1.29, 1.82) is 0 Å². The summed E-state index contributed by atoms with van der Waals surface area (Å²) in [7, 11) is 0. The predicted molar refractivity (Wildman–Crippen MR) is 106 cm³/mol. The van der Waals surface area contributed by atoms with Gasteiger partial charge in [-0.3, -0.25) is 9.78 Å². The monoisotopic (exact) mass is 351 g/mol. The minimum Gasteiger partial charge on any atom is -0.382 e. The number of hydrogen-bond donors (Lipinski definition) is 2. The van der Waals surface area contributed by atoms with E-state index in [9.17, 15) is 4.79 Å². The molecular formula is C22H29N3O. The molecule has 0 bridgehead atoms. The Morgan fingerprint density at radius 2 is 1.81 bits per heavy atom. The van der Waals surface area contributed by atoms with E-state index in [4.69, 9.17) is 0 Å². The second-order valence-corrected chi connectivity index (χ2v) is 7.11. The van der Waals surface area contributed by atoms with Crippen molar-refractivity contribution >= 4 is 11.6 Å². The molecular weight excluding hydrogens is 322 g/mol. The second kappa shape index (κ2) is 9.95. The van der Waals surface area contributed by atoms with Crippen LogP contribution in [0.2, 0.25) is 0 Å². The van der Waals surface area contributed by atoms with Crippen LogP contribution in [0.25, 0.3) is 0 Å². The molecule has 138 valence electrons. The van der Waals surface area contributed by atoms with Gasteiger partial charge in [0.15, 0.2) is 0 Å². The third-order valence-electron chi connectivity index (χ3n) is 4.99. The molecule has 3 rings (SSSR count). The highest BCUT2D eigenvalue weighted by atomic mass is 16.1. The number of aromatic nitrogens is 1. The average Bonchev–Trinajstić information content (AvgIpc) is 2.95. The topological polar surface area (TPSA) is 54.0 Å². The summed E-state index contributed by atoms with van der Waals surface area (Å²) in [6.45, 7) is 0.662. The summed E-state index contributed by atoms with van der Waals surface area (Å²) in [5.74, 6) is -0.0948. The van der Waals surface area contributed by atoms with E-state index in [1.165, 1.54) is 44.1 Å². The molecule has 0 saturated heterocycles. The lowest BCUT2D eigenvalue weighted by atomic mass is 10.1. The number of pyridine rings is 1. The molecule has 4 heteroatoms. The number of anilines is 1. The van der Waals surface area contributed by atoms with E-state index in [-0.39, 0.29) is 5.91 Å². The van der Waals surface area contributed by atoms with Gasteiger partial charge in [0.1, 0.15) is 5.69 Å². The van der Waals surface area contributed by atoms with Crippen LogP contribution in [0.1, 0.15) is 61.0 Å². The van der Waals surface area contributed by atoms with Crippen molar-refractivity contribution in [2.75, 3.05) is 11.9 Å². The van der Waals surface area contributed by atoms with E-state index < -0.39 is 0 Å². The molecule has 0 spiro atoms. The lowest BCUT2D eigenvalue weighted by Gasteiger charge is -2.17. The maximum atomic E-state index is 12.4. The van der Waals surface area contributed by atoms with Crippen molar-refractivity contribution in [3.63, 3.8) is 0 Å². The summed E-state index contributed by atoms with van der Waals surface area (Å²) in [5.41, 5.74) is 2.79. The average molecular weight is 351 g/mol. The van der Waals surface area contributed by atoms with Crippen molar-refractivity contribution < 1.29 is 4.79 Å². The number of hydrogen-bond acceptors (Lipinski definition) is 3. The van der Waals surface area contributed by atoms with Gasteiger partial charge in [-0.2, -0.15) is 0 Å². The summed E-state index contributed by atoms with van der Waals surface area (Å²) in [6.07, 6.45) is 11.3. The van der Waals surface area contributed by atoms with Crippen LogP contribution in [0.3, 0.4) is 0 Å². The quantitative estimate of drug-likeness (QED) is 0.567. The Bertz CT molecular complexity index is 679. The van der Waals surface area contributed by atoms with Gasteiger partial charge in [0.2, 0.25) is 0 Å². The standard InChI is InChI=1S/C22H29N3O/c26-22(24-15-8-11-18-9-4-3-5-10-18)21-17-20(14-16-23-21)25-19-12-6-1-2-7-13-19/h3-5,9-10,14,16-17,19H,1-2,6-8,11-13,15H2,(H,23,25)(H,24,26). The Kier molecular flexibility index (Phi) is 7.05. The zero-order valence-electron chi connectivity index (χ0n) is 15.4. The van der Waals surface area contributed by atoms with Gasteiger partial charge in [-0.1, -0.05) is 56.0 Å². The Labute approximate surface area is 156 Å². The van der Waals surface area contributed by atoms with Crippen LogP contribution in [0, 0.1) is 0 Å². The molecule has 1 aliphatic rings. The Hall–Kier alpha value is -2.36. The van der Waals surface area contributed by atoms with Crippen LogP contribution < -0.4 is 10.6 Å². The van der Waals surface area contributed by atoms with Crippen LogP contribution in [0.4, 0.5) is 5.69 Å². The summed E-state index contributed by atoms with van der Waals surface area (Å²) >= 11 is 0. The molecule has 2 aromatic rings.